The van der Waals surface area contributed by atoms with Crippen molar-refractivity contribution in [3.8, 4) is 17.2 Å². The summed E-state index contributed by atoms with van der Waals surface area (Å²) >= 11 is 6.33. The van der Waals surface area contributed by atoms with Crippen LogP contribution in [0.1, 0.15) is 22.0 Å². The number of nitrogens with zero attached hydrogens (tertiary/aromatic N) is 1. The van der Waals surface area contributed by atoms with E-state index in [9.17, 15) is 4.79 Å². The predicted molar refractivity (Wildman–Crippen MR) is 127 cm³/mol. The van der Waals surface area contributed by atoms with Gasteiger partial charge in [0.05, 0.1) is 26.8 Å². The summed E-state index contributed by atoms with van der Waals surface area (Å²) in [5.74, 6) is 1.90. The molecule has 164 valence electrons. The second kappa shape index (κ2) is 7.95. The number of H-pyrrole nitrogens is 1. The molecule has 4 aromatic rings. The summed E-state index contributed by atoms with van der Waals surface area (Å²) in [5, 5.41) is 3.08. The van der Waals surface area contributed by atoms with Crippen molar-refractivity contribution in [1.82, 2.24) is 4.98 Å². The maximum atomic E-state index is 13.6. The van der Waals surface area contributed by atoms with Gasteiger partial charge in [-0.25, -0.2) is 0 Å². The minimum atomic E-state index is -0.120. The lowest BCUT2D eigenvalue weighted by Gasteiger charge is -2.17. The molecule has 0 saturated heterocycles. The fourth-order valence-electron chi connectivity index (χ4n) is 4.68. The fourth-order valence-corrected chi connectivity index (χ4v) is 4.93. The quantitative estimate of drug-likeness (QED) is 0.417. The van der Waals surface area contributed by atoms with Gasteiger partial charge in [-0.05, 0) is 34.5 Å². The normalized spacial score (nSPS) is 15.2. The lowest BCUT2D eigenvalue weighted by molar-refractivity contribution is 0.0984. The topological polar surface area (TPSA) is 63.8 Å². The summed E-state index contributed by atoms with van der Waals surface area (Å²) in [4.78, 5) is 18.7. The van der Waals surface area contributed by atoms with Crippen molar-refractivity contribution in [2.75, 3.05) is 38.7 Å². The first kappa shape index (κ1) is 20.5. The number of carbonyl (C=O) groups is 1. The summed E-state index contributed by atoms with van der Waals surface area (Å²) in [6.07, 6.45) is 0. The maximum absolute atomic E-state index is 13.6. The number of anilines is 1. The van der Waals surface area contributed by atoms with Crippen LogP contribution >= 0.6 is 11.6 Å². The average molecular weight is 451 g/mol. The van der Waals surface area contributed by atoms with Crippen molar-refractivity contribution >= 4 is 44.9 Å². The Morgan fingerprint density at radius 2 is 1.81 bits per heavy atom. The molecule has 7 heteroatoms. The van der Waals surface area contributed by atoms with E-state index in [1.165, 1.54) is 0 Å². The molecular weight excluding hydrogens is 428 g/mol. The highest BCUT2D eigenvalue weighted by molar-refractivity contribution is 6.19. The van der Waals surface area contributed by atoms with Gasteiger partial charge < -0.3 is 24.1 Å². The molecule has 0 saturated carbocycles. The third-order valence-corrected chi connectivity index (χ3v) is 6.50. The van der Waals surface area contributed by atoms with Crippen LogP contribution in [0.3, 0.4) is 0 Å². The molecule has 32 heavy (non-hydrogen) atoms. The van der Waals surface area contributed by atoms with Crippen molar-refractivity contribution in [3.05, 3.63) is 59.8 Å². The van der Waals surface area contributed by atoms with Crippen molar-refractivity contribution in [2.24, 2.45) is 0 Å². The number of halogens is 1. The first-order valence-electron chi connectivity index (χ1n) is 10.3. The minimum absolute atomic E-state index is 0.0702. The van der Waals surface area contributed by atoms with Gasteiger partial charge in [0.2, 0.25) is 5.75 Å². The Labute approximate surface area is 190 Å². The second-order valence-electron chi connectivity index (χ2n) is 7.78. The van der Waals surface area contributed by atoms with E-state index in [2.05, 4.69) is 23.2 Å². The molecule has 0 bridgehead atoms. The molecule has 0 spiro atoms. The highest BCUT2D eigenvalue weighted by atomic mass is 35.5. The number of amides is 1. The summed E-state index contributed by atoms with van der Waals surface area (Å²) in [6.45, 7) is 0.533. The zero-order valence-corrected chi connectivity index (χ0v) is 18.8. The number of carbonyl (C=O) groups excluding carboxylic acids is 1. The number of benzene rings is 3. The number of fused-ring (bicyclic) bond motifs is 4. The van der Waals surface area contributed by atoms with Crippen LogP contribution in [-0.2, 0) is 0 Å². The van der Waals surface area contributed by atoms with E-state index in [4.69, 9.17) is 25.8 Å². The van der Waals surface area contributed by atoms with E-state index in [0.717, 1.165) is 27.4 Å². The monoisotopic (exact) mass is 450 g/mol. The standard InChI is InChI=1S/C25H23ClN2O4/c1-30-20-11-15-10-18(27-22(15)24(32-3)23(20)31-2)25(29)28-13-16(12-26)21-17-7-5-4-6-14(17)8-9-19(21)28/h4-11,16,27H,12-13H2,1-3H3. The molecule has 6 nitrogen and oxygen atoms in total. The largest absolute Gasteiger partial charge is 0.493 e. The number of aromatic nitrogens is 1. The fraction of sp³-hybridized carbons (Fsp3) is 0.240. The van der Waals surface area contributed by atoms with Gasteiger partial charge >= 0.3 is 0 Å². The van der Waals surface area contributed by atoms with Crippen LogP contribution in [0.5, 0.6) is 17.2 Å². The van der Waals surface area contributed by atoms with E-state index in [0.29, 0.717) is 40.9 Å². The number of hydrogen-bond acceptors (Lipinski definition) is 4. The molecule has 1 aliphatic rings. The Balaban J connectivity index is 1.62. The molecule has 0 aliphatic carbocycles. The van der Waals surface area contributed by atoms with Crippen LogP contribution < -0.4 is 19.1 Å². The molecule has 1 aliphatic heterocycles. The number of methoxy groups -OCH3 is 3. The first-order valence-corrected chi connectivity index (χ1v) is 10.9. The van der Waals surface area contributed by atoms with Crippen LogP contribution in [-0.4, -0.2) is 44.6 Å². The van der Waals surface area contributed by atoms with Crippen LogP contribution in [0, 0.1) is 0 Å². The molecule has 3 aromatic carbocycles. The van der Waals surface area contributed by atoms with E-state index < -0.39 is 0 Å². The minimum Gasteiger partial charge on any atom is -0.493 e. The Morgan fingerprint density at radius 3 is 2.53 bits per heavy atom. The van der Waals surface area contributed by atoms with Crippen molar-refractivity contribution in [3.63, 3.8) is 0 Å². The number of rotatable bonds is 5. The Morgan fingerprint density at radius 1 is 1.03 bits per heavy atom. The molecule has 2 heterocycles. The molecule has 1 atom stereocenters. The van der Waals surface area contributed by atoms with Gasteiger partial charge in [0, 0.05) is 29.4 Å². The van der Waals surface area contributed by atoms with E-state index >= 15 is 0 Å². The lowest BCUT2D eigenvalue weighted by atomic mass is 9.96. The van der Waals surface area contributed by atoms with Gasteiger partial charge in [0.1, 0.15) is 5.69 Å². The average Bonchev–Trinajstić information content (AvgIpc) is 3.43. The van der Waals surface area contributed by atoms with Crippen LogP contribution in [0.4, 0.5) is 5.69 Å². The molecule has 0 radical (unpaired) electrons. The maximum Gasteiger partial charge on any atom is 0.274 e. The van der Waals surface area contributed by atoms with Crippen LogP contribution in [0.15, 0.2) is 48.5 Å². The number of ether oxygens (including phenoxy) is 3. The van der Waals surface area contributed by atoms with E-state index in [1.807, 2.05) is 30.3 Å². The predicted octanol–water partition coefficient (Wildman–Crippen LogP) is 5.33. The van der Waals surface area contributed by atoms with Gasteiger partial charge in [-0.3, -0.25) is 4.79 Å². The Kier molecular flexibility index (Phi) is 5.10. The molecule has 5 rings (SSSR count). The van der Waals surface area contributed by atoms with Gasteiger partial charge in [-0.1, -0.05) is 30.3 Å². The molecule has 1 aromatic heterocycles. The van der Waals surface area contributed by atoms with Crippen LogP contribution in [0.25, 0.3) is 21.7 Å². The zero-order chi connectivity index (χ0) is 22.4. The van der Waals surface area contributed by atoms with Gasteiger partial charge in [0.25, 0.3) is 5.91 Å². The van der Waals surface area contributed by atoms with Crippen molar-refractivity contribution in [1.29, 1.82) is 0 Å². The summed E-state index contributed by atoms with van der Waals surface area (Å²) in [7, 11) is 4.69. The van der Waals surface area contributed by atoms with Crippen LogP contribution in [0.2, 0.25) is 0 Å². The summed E-state index contributed by atoms with van der Waals surface area (Å²) in [5.41, 5.74) is 3.17. The SMILES string of the molecule is COc1cc2cc(C(=O)N3CC(CCl)c4c3ccc3ccccc43)[nH]c2c(OC)c1OC. The molecule has 1 amide bonds. The van der Waals surface area contributed by atoms with Gasteiger partial charge in [-0.15, -0.1) is 11.6 Å². The van der Waals surface area contributed by atoms with Crippen molar-refractivity contribution < 1.29 is 19.0 Å². The highest BCUT2D eigenvalue weighted by Crippen LogP contribution is 2.45. The zero-order valence-electron chi connectivity index (χ0n) is 18.1. The summed E-state index contributed by atoms with van der Waals surface area (Å²) < 4.78 is 16.5. The van der Waals surface area contributed by atoms with E-state index in [1.54, 1.807) is 26.2 Å². The third kappa shape index (κ3) is 2.98. The molecular formula is C25H23ClN2O4. The van der Waals surface area contributed by atoms with Gasteiger partial charge in [0.15, 0.2) is 11.5 Å². The third-order valence-electron chi connectivity index (χ3n) is 6.13. The Hall–Kier alpha value is -3.38. The number of alkyl halides is 1. The molecule has 1 N–H and O–H groups in total. The summed E-state index contributed by atoms with van der Waals surface area (Å²) in [6, 6.07) is 15.9. The lowest BCUT2D eigenvalue weighted by Crippen LogP contribution is -2.30. The molecule has 0 fully saturated rings. The second-order valence-corrected chi connectivity index (χ2v) is 8.09. The Bertz CT molecular complexity index is 1350. The smallest absolute Gasteiger partial charge is 0.274 e. The molecule has 1 unspecified atom stereocenters. The number of hydrogen-bond donors (Lipinski definition) is 1. The van der Waals surface area contributed by atoms with Crippen molar-refractivity contribution in [2.45, 2.75) is 5.92 Å². The first-order chi connectivity index (χ1) is 15.6. The number of nitrogens with one attached hydrogen (secondary N) is 1. The van der Waals surface area contributed by atoms with E-state index in [-0.39, 0.29) is 11.8 Å². The number of aromatic amines is 1. The van der Waals surface area contributed by atoms with Gasteiger partial charge in [-0.2, -0.15) is 0 Å². The highest BCUT2D eigenvalue weighted by Gasteiger charge is 2.34.